The molecule has 1 aromatic carbocycles. The van der Waals surface area contributed by atoms with Crippen LogP contribution in [0.25, 0.3) is 0 Å². The molecule has 0 aromatic heterocycles. The van der Waals surface area contributed by atoms with Gasteiger partial charge in [-0.2, -0.15) is 0 Å². The van der Waals surface area contributed by atoms with E-state index < -0.39 is 11.6 Å². The van der Waals surface area contributed by atoms with E-state index in [9.17, 15) is 13.9 Å². The predicted octanol–water partition coefficient (Wildman–Crippen LogP) is 3.02. The molecule has 5 heteroatoms. The maximum Gasteiger partial charge on any atom is 0.167 e. The molecule has 0 saturated heterocycles. The van der Waals surface area contributed by atoms with Gasteiger partial charge >= 0.3 is 0 Å². The van der Waals surface area contributed by atoms with Gasteiger partial charge in [0.2, 0.25) is 0 Å². The van der Waals surface area contributed by atoms with Gasteiger partial charge in [-0.05, 0) is 44.2 Å². The Balaban J connectivity index is 1.79. The van der Waals surface area contributed by atoms with E-state index in [4.69, 9.17) is 4.74 Å². The normalized spacial score (nSPS) is 17.5. The van der Waals surface area contributed by atoms with E-state index in [1.807, 2.05) is 6.92 Å². The average molecular weight is 299 g/mol. The zero-order valence-electron chi connectivity index (χ0n) is 12.4. The van der Waals surface area contributed by atoms with Crippen molar-refractivity contribution in [1.82, 2.24) is 5.32 Å². The quantitative estimate of drug-likeness (QED) is 0.689. The number of ether oxygens (including phenoxy) is 1. The van der Waals surface area contributed by atoms with Crippen LogP contribution in [-0.2, 0) is 0 Å². The van der Waals surface area contributed by atoms with Crippen LogP contribution in [-0.4, -0.2) is 29.9 Å². The van der Waals surface area contributed by atoms with Crippen molar-refractivity contribution in [3.63, 3.8) is 0 Å². The molecule has 1 atom stereocenters. The summed E-state index contributed by atoms with van der Waals surface area (Å²) in [5.74, 6) is -1.23. The number of nitrogens with one attached hydrogen (secondary N) is 1. The van der Waals surface area contributed by atoms with Gasteiger partial charge < -0.3 is 15.2 Å². The highest BCUT2D eigenvalue weighted by Crippen LogP contribution is 2.27. The van der Waals surface area contributed by atoms with Crippen LogP contribution in [0.2, 0.25) is 0 Å². The molecule has 0 bridgehead atoms. The standard InChI is InChI=1S/C16H23F2NO2/c1-2-16(11-20,19-13-5-6-13)8-3-9-21-15-7-4-12(17)10-14(15)18/h4,7,10,13,19-20H,2-3,5-6,8-9,11H2,1H3. The summed E-state index contributed by atoms with van der Waals surface area (Å²) in [5.41, 5.74) is -0.272. The summed E-state index contributed by atoms with van der Waals surface area (Å²) < 4.78 is 31.5. The minimum absolute atomic E-state index is 0.0673. The fourth-order valence-corrected chi connectivity index (χ4v) is 2.43. The molecule has 1 fully saturated rings. The fraction of sp³-hybridized carbons (Fsp3) is 0.625. The zero-order chi connectivity index (χ0) is 15.3. The van der Waals surface area contributed by atoms with E-state index in [0.29, 0.717) is 19.1 Å². The average Bonchev–Trinajstić information content (AvgIpc) is 3.28. The molecule has 0 spiro atoms. The Labute approximate surface area is 124 Å². The Bertz CT molecular complexity index is 460. The van der Waals surface area contributed by atoms with Crippen LogP contribution in [0.4, 0.5) is 8.78 Å². The first kappa shape index (κ1) is 16.2. The minimum atomic E-state index is -0.685. The molecule has 0 radical (unpaired) electrons. The summed E-state index contributed by atoms with van der Waals surface area (Å²) in [4.78, 5) is 0. The summed E-state index contributed by atoms with van der Waals surface area (Å²) in [5, 5.41) is 13.1. The molecular weight excluding hydrogens is 276 g/mol. The van der Waals surface area contributed by atoms with Crippen molar-refractivity contribution < 1.29 is 18.6 Å². The smallest absolute Gasteiger partial charge is 0.167 e. The fourth-order valence-electron chi connectivity index (χ4n) is 2.43. The van der Waals surface area contributed by atoms with Gasteiger partial charge in [0.1, 0.15) is 5.82 Å². The molecule has 3 nitrogen and oxygen atoms in total. The van der Waals surface area contributed by atoms with Gasteiger partial charge in [0, 0.05) is 17.6 Å². The third-order valence-corrected chi connectivity index (χ3v) is 4.02. The summed E-state index contributed by atoms with van der Waals surface area (Å²) >= 11 is 0. The van der Waals surface area contributed by atoms with Crippen LogP contribution in [0.5, 0.6) is 5.75 Å². The van der Waals surface area contributed by atoms with Crippen molar-refractivity contribution in [2.45, 2.75) is 50.6 Å². The Kier molecular flexibility index (Phi) is 5.53. The molecule has 1 aromatic rings. The third-order valence-electron chi connectivity index (χ3n) is 4.02. The molecule has 0 amide bonds. The van der Waals surface area contributed by atoms with Crippen LogP contribution >= 0.6 is 0 Å². The second-order valence-electron chi connectivity index (χ2n) is 5.74. The first-order valence-electron chi connectivity index (χ1n) is 7.55. The van der Waals surface area contributed by atoms with Crippen LogP contribution in [0.3, 0.4) is 0 Å². The summed E-state index contributed by atoms with van der Waals surface area (Å²) in [6, 6.07) is 3.81. The third kappa shape index (κ3) is 4.64. The lowest BCUT2D eigenvalue weighted by Gasteiger charge is -2.32. The lowest BCUT2D eigenvalue weighted by atomic mass is 9.91. The lowest BCUT2D eigenvalue weighted by molar-refractivity contribution is 0.135. The Hall–Kier alpha value is -1.20. The summed E-state index contributed by atoms with van der Waals surface area (Å²) in [7, 11) is 0. The number of rotatable bonds is 9. The van der Waals surface area contributed by atoms with Crippen LogP contribution in [0.15, 0.2) is 18.2 Å². The Morgan fingerprint density at radius 1 is 1.38 bits per heavy atom. The highest BCUT2D eigenvalue weighted by Gasteiger charge is 2.33. The van der Waals surface area contributed by atoms with Gasteiger partial charge in [0.05, 0.1) is 13.2 Å². The van der Waals surface area contributed by atoms with Gasteiger partial charge in [-0.15, -0.1) is 0 Å². The zero-order valence-corrected chi connectivity index (χ0v) is 12.4. The number of aliphatic hydroxyl groups excluding tert-OH is 1. The van der Waals surface area contributed by atoms with Crippen molar-refractivity contribution in [2.75, 3.05) is 13.2 Å². The second-order valence-corrected chi connectivity index (χ2v) is 5.74. The van der Waals surface area contributed by atoms with Crippen molar-refractivity contribution in [3.8, 4) is 5.75 Å². The van der Waals surface area contributed by atoms with Crippen LogP contribution < -0.4 is 10.1 Å². The highest BCUT2D eigenvalue weighted by atomic mass is 19.1. The molecular formula is C16H23F2NO2. The van der Waals surface area contributed by atoms with Gasteiger partial charge in [-0.25, -0.2) is 8.78 Å². The summed E-state index contributed by atoms with van der Waals surface area (Å²) in [6.45, 7) is 2.48. The number of benzene rings is 1. The first-order valence-corrected chi connectivity index (χ1v) is 7.55. The SMILES string of the molecule is CCC(CO)(CCCOc1ccc(F)cc1F)NC1CC1. The van der Waals surface area contributed by atoms with Crippen molar-refractivity contribution in [2.24, 2.45) is 0 Å². The van der Waals surface area contributed by atoms with E-state index in [1.54, 1.807) is 0 Å². The van der Waals surface area contributed by atoms with Crippen molar-refractivity contribution >= 4 is 0 Å². The molecule has 1 saturated carbocycles. The van der Waals surface area contributed by atoms with E-state index in [-0.39, 0.29) is 17.9 Å². The molecule has 1 unspecified atom stereocenters. The topological polar surface area (TPSA) is 41.5 Å². The Morgan fingerprint density at radius 2 is 2.14 bits per heavy atom. The predicted molar refractivity (Wildman–Crippen MR) is 77.4 cm³/mol. The van der Waals surface area contributed by atoms with E-state index in [0.717, 1.165) is 18.9 Å². The molecule has 21 heavy (non-hydrogen) atoms. The largest absolute Gasteiger partial charge is 0.491 e. The first-order chi connectivity index (χ1) is 10.1. The highest BCUT2D eigenvalue weighted by molar-refractivity contribution is 5.24. The second kappa shape index (κ2) is 7.18. The molecule has 2 N–H and O–H groups in total. The molecule has 1 aliphatic rings. The minimum Gasteiger partial charge on any atom is -0.491 e. The number of halogens is 2. The van der Waals surface area contributed by atoms with Crippen molar-refractivity contribution in [3.05, 3.63) is 29.8 Å². The molecule has 0 heterocycles. The Morgan fingerprint density at radius 3 is 2.71 bits per heavy atom. The maximum atomic E-state index is 13.4. The van der Waals surface area contributed by atoms with Crippen molar-refractivity contribution in [1.29, 1.82) is 0 Å². The van der Waals surface area contributed by atoms with Gasteiger partial charge in [0.15, 0.2) is 11.6 Å². The van der Waals surface area contributed by atoms with E-state index >= 15 is 0 Å². The van der Waals surface area contributed by atoms with E-state index in [2.05, 4.69) is 5.32 Å². The van der Waals surface area contributed by atoms with Gasteiger partial charge in [-0.1, -0.05) is 6.92 Å². The molecule has 1 aliphatic carbocycles. The monoisotopic (exact) mass is 299 g/mol. The van der Waals surface area contributed by atoms with E-state index in [1.165, 1.54) is 25.0 Å². The lowest BCUT2D eigenvalue weighted by Crippen LogP contribution is -2.49. The molecule has 118 valence electrons. The number of hydrogen-bond acceptors (Lipinski definition) is 3. The molecule has 2 rings (SSSR count). The number of aliphatic hydroxyl groups is 1. The number of hydrogen-bond donors (Lipinski definition) is 2. The van der Waals surface area contributed by atoms with Gasteiger partial charge in [-0.3, -0.25) is 0 Å². The maximum absolute atomic E-state index is 13.4. The van der Waals surface area contributed by atoms with Crippen LogP contribution in [0, 0.1) is 11.6 Å². The molecule has 0 aliphatic heterocycles. The van der Waals surface area contributed by atoms with Gasteiger partial charge in [0.25, 0.3) is 0 Å². The van der Waals surface area contributed by atoms with Crippen LogP contribution in [0.1, 0.15) is 39.0 Å². The summed E-state index contributed by atoms with van der Waals surface area (Å²) in [6.07, 6.45) is 4.63.